The molecule has 4 aromatic heterocycles. The van der Waals surface area contributed by atoms with Gasteiger partial charge in [0, 0.05) is 73.0 Å². The number of nitrogens with zero attached hydrogens (tertiary/aromatic N) is 8. The summed E-state index contributed by atoms with van der Waals surface area (Å²) >= 11 is 26.0. The first-order chi connectivity index (χ1) is 25.0. The fourth-order valence-corrected chi connectivity index (χ4v) is 5.21. The molecule has 0 aliphatic carbocycles. The maximum absolute atomic E-state index is 12.7. The third-order valence-corrected chi connectivity index (χ3v) is 8.97. The van der Waals surface area contributed by atoms with E-state index in [1.807, 2.05) is 50.2 Å². The number of halogens is 3. The topological polar surface area (TPSA) is 137 Å². The number of thiocarbonyl (C=S) groups is 2. The van der Waals surface area contributed by atoms with Crippen molar-refractivity contribution >= 4 is 69.0 Å². The molecule has 19 heteroatoms. The van der Waals surface area contributed by atoms with E-state index < -0.39 is 0 Å². The second-order valence-corrected chi connectivity index (χ2v) is 13.4. The summed E-state index contributed by atoms with van der Waals surface area (Å²) in [4.78, 5) is 25.0. The SMILES string of the molecule is COC(=S)Cl.COC(=S)Oc1c(-n2nc(-c3ccc(Cl)cc3)cc2C)c(=O)n(C)n1C.Cc1cc(-c2ccc(Cl)cc2)nn1-c1c(O)n(C)n(C)c1=O. The molecule has 1 N–H and O–H groups in total. The average Bonchev–Trinajstić information content (AvgIpc) is 3.82. The van der Waals surface area contributed by atoms with Crippen LogP contribution in [0, 0.1) is 13.8 Å². The van der Waals surface area contributed by atoms with E-state index in [0.717, 1.165) is 22.5 Å². The Morgan fingerprint density at radius 1 is 0.679 bits per heavy atom. The monoisotopic (exact) mass is 820 g/mol. The van der Waals surface area contributed by atoms with Crippen molar-refractivity contribution in [2.24, 2.45) is 28.2 Å². The second-order valence-electron chi connectivity index (χ2n) is 11.2. The van der Waals surface area contributed by atoms with Gasteiger partial charge in [-0.2, -0.15) is 10.2 Å². The molecule has 0 amide bonds. The van der Waals surface area contributed by atoms with Crippen molar-refractivity contribution in [2.75, 3.05) is 14.2 Å². The van der Waals surface area contributed by atoms with Gasteiger partial charge in [-0.3, -0.25) is 19.0 Å². The van der Waals surface area contributed by atoms with Gasteiger partial charge in [0.2, 0.25) is 5.88 Å². The van der Waals surface area contributed by atoms with E-state index in [1.54, 1.807) is 61.8 Å². The lowest BCUT2D eigenvalue weighted by molar-refractivity contribution is 0.300. The highest BCUT2D eigenvalue weighted by atomic mass is 35.5. The third kappa shape index (κ3) is 9.03. The largest absolute Gasteiger partial charge is 0.492 e. The number of aryl methyl sites for hydroxylation is 2. The number of methoxy groups -OCH3 is 2. The number of rotatable bonds is 5. The molecule has 0 saturated carbocycles. The second kappa shape index (κ2) is 17.3. The Bertz CT molecular complexity index is 2390. The van der Waals surface area contributed by atoms with Crippen molar-refractivity contribution in [3.05, 3.63) is 103 Å². The van der Waals surface area contributed by atoms with Crippen LogP contribution < -0.4 is 15.9 Å². The molecule has 14 nitrogen and oxygen atoms in total. The zero-order valence-corrected chi connectivity index (χ0v) is 33.7. The molecular formula is C34H35Cl3N8O6S2. The molecule has 0 fully saturated rings. The molecule has 0 unspecified atom stereocenters. The first kappa shape index (κ1) is 40.9. The van der Waals surface area contributed by atoms with Crippen LogP contribution >= 0.6 is 59.2 Å². The number of aromatic nitrogens is 8. The van der Waals surface area contributed by atoms with Crippen LogP contribution in [0.25, 0.3) is 33.9 Å². The number of hydrogen-bond donors (Lipinski definition) is 1. The van der Waals surface area contributed by atoms with Crippen LogP contribution in [0.5, 0.6) is 11.8 Å². The minimum absolute atomic E-state index is 0.0602. The molecule has 0 saturated heterocycles. The summed E-state index contributed by atoms with van der Waals surface area (Å²) < 4.78 is 23.4. The molecule has 53 heavy (non-hydrogen) atoms. The van der Waals surface area contributed by atoms with Gasteiger partial charge in [-0.05, 0) is 74.1 Å². The van der Waals surface area contributed by atoms with Gasteiger partial charge in [-0.1, -0.05) is 47.5 Å². The van der Waals surface area contributed by atoms with Gasteiger partial charge in [0.05, 0.1) is 25.6 Å². The first-order valence-corrected chi connectivity index (χ1v) is 17.3. The van der Waals surface area contributed by atoms with E-state index >= 15 is 0 Å². The van der Waals surface area contributed by atoms with Crippen molar-refractivity contribution in [3.63, 3.8) is 0 Å². The summed E-state index contributed by atoms with van der Waals surface area (Å²) in [5, 5.41) is 20.4. The highest BCUT2D eigenvalue weighted by Crippen LogP contribution is 2.27. The fourth-order valence-electron chi connectivity index (χ4n) is 4.88. The minimum Gasteiger partial charge on any atom is -0.492 e. The Kier molecular flexibility index (Phi) is 13.4. The zero-order valence-electron chi connectivity index (χ0n) is 29.8. The lowest BCUT2D eigenvalue weighted by Crippen LogP contribution is -2.20. The summed E-state index contributed by atoms with van der Waals surface area (Å²) in [5.74, 6) is 0.125. The van der Waals surface area contributed by atoms with E-state index in [2.05, 4.69) is 27.2 Å². The molecule has 0 aliphatic rings. The molecule has 6 rings (SSSR count). The van der Waals surface area contributed by atoms with Gasteiger partial charge >= 0.3 is 5.24 Å². The molecule has 0 atom stereocenters. The quantitative estimate of drug-likeness (QED) is 0.157. The van der Waals surface area contributed by atoms with Gasteiger partial charge in [0.15, 0.2) is 11.4 Å². The normalized spacial score (nSPS) is 10.5. The molecular weight excluding hydrogens is 787 g/mol. The summed E-state index contributed by atoms with van der Waals surface area (Å²) in [5.41, 5.74) is 4.54. The van der Waals surface area contributed by atoms with Crippen LogP contribution in [-0.2, 0) is 37.7 Å². The van der Waals surface area contributed by atoms with E-state index in [4.69, 9.17) is 56.5 Å². The number of ether oxygens (including phenoxy) is 3. The lowest BCUT2D eigenvalue weighted by atomic mass is 10.1. The van der Waals surface area contributed by atoms with Crippen molar-refractivity contribution in [2.45, 2.75) is 13.8 Å². The van der Waals surface area contributed by atoms with E-state index in [9.17, 15) is 14.7 Å². The summed E-state index contributed by atoms with van der Waals surface area (Å²) in [6.07, 6.45) is 0. The highest BCUT2D eigenvalue weighted by molar-refractivity contribution is 7.82. The number of aromatic hydroxyl groups is 1. The Balaban J connectivity index is 0.000000212. The molecule has 0 spiro atoms. The summed E-state index contributed by atoms with van der Waals surface area (Å²) in [6.45, 7) is 3.69. The molecule has 0 bridgehead atoms. The van der Waals surface area contributed by atoms with Gasteiger partial charge < -0.3 is 19.3 Å². The first-order valence-electron chi connectivity index (χ1n) is 15.4. The Morgan fingerprint density at radius 2 is 1.08 bits per heavy atom. The fraction of sp³-hybridized carbons (Fsp3) is 0.235. The molecule has 4 heterocycles. The van der Waals surface area contributed by atoms with Crippen molar-refractivity contribution in [1.82, 2.24) is 38.3 Å². The van der Waals surface area contributed by atoms with Crippen LogP contribution in [0.1, 0.15) is 11.4 Å². The maximum atomic E-state index is 12.7. The van der Waals surface area contributed by atoms with Gasteiger partial charge in [0.25, 0.3) is 21.5 Å². The average molecular weight is 822 g/mol. The van der Waals surface area contributed by atoms with Gasteiger partial charge in [0.1, 0.15) is 0 Å². The highest BCUT2D eigenvalue weighted by Gasteiger charge is 2.24. The van der Waals surface area contributed by atoms with Crippen molar-refractivity contribution in [1.29, 1.82) is 0 Å². The third-order valence-electron chi connectivity index (χ3n) is 7.89. The van der Waals surface area contributed by atoms with Crippen LogP contribution in [0.15, 0.2) is 70.3 Å². The predicted molar refractivity (Wildman–Crippen MR) is 213 cm³/mol. The molecule has 0 aliphatic heterocycles. The number of benzene rings is 2. The Hall–Kier alpha value is -4.87. The standard InChI is InChI=1S/C17H17ClN4O3S.C15H15ClN4O2.C2H3ClOS/c1-10-9-13(11-5-7-12(18)8-6-11)19-22(10)14-15(23)20(2)21(3)16(14)25-17(26)24-4;1-9-8-12(10-4-6-11(16)7-5-10)17-20(9)13-14(21)18(2)19(3)15(13)22;1-4-2(3)5/h5-9H,1-4H3;4-8,21H,1-3H3;1H3. The number of hydrogen-bond acceptors (Lipinski definition) is 10. The smallest absolute Gasteiger partial charge is 0.358 e. The van der Waals surface area contributed by atoms with Crippen LogP contribution in [-0.4, -0.2) is 67.4 Å². The van der Waals surface area contributed by atoms with E-state index in [0.29, 0.717) is 21.4 Å². The Morgan fingerprint density at radius 3 is 1.45 bits per heavy atom. The minimum atomic E-state index is -0.311. The van der Waals surface area contributed by atoms with Crippen molar-refractivity contribution in [3.8, 4) is 45.6 Å². The molecule has 280 valence electrons. The molecule has 2 aromatic carbocycles. The Labute approximate surface area is 329 Å². The summed E-state index contributed by atoms with van der Waals surface area (Å²) in [6, 6.07) is 18.3. The van der Waals surface area contributed by atoms with E-state index in [-0.39, 0.29) is 44.0 Å². The lowest BCUT2D eigenvalue weighted by Gasteiger charge is -2.09. The molecule has 6 aromatic rings. The zero-order chi connectivity index (χ0) is 39.3. The van der Waals surface area contributed by atoms with Crippen molar-refractivity contribution < 1.29 is 19.3 Å². The van der Waals surface area contributed by atoms with Gasteiger partial charge in [-0.15, -0.1) is 0 Å². The molecule has 0 radical (unpaired) electrons. The van der Waals surface area contributed by atoms with Crippen LogP contribution in [0.2, 0.25) is 10.0 Å². The predicted octanol–water partition coefficient (Wildman–Crippen LogP) is 6.25. The van der Waals surface area contributed by atoms with Crippen LogP contribution in [0.4, 0.5) is 0 Å². The van der Waals surface area contributed by atoms with E-state index in [1.165, 1.54) is 32.9 Å². The maximum Gasteiger partial charge on any atom is 0.358 e. The van der Waals surface area contributed by atoms with Gasteiger partial charge in [-0.25, -0.2) is 18.7 Å². The summed E-state index contributed by atoms with van der Waals surface area (Å²) in [7, 11) is 9.35. The van der Waals surface area contributed by atoms with Crippen LogP contribution in [0.3, 0.4) is 0 Å².